The molecule has 0 bridgehead atoms. The molecule has 0 saturated heterocycles. The van der Waals surface area contributed by atoms with Crippen LogP contribution in [0.4, 0.5) is 0 Å². The molecule has 1 rings (SSSR count). The van der Waals surface area contributed by atoms with Crippen molar-refractivity contribution in [2.24, 2.45) is 5.41 Å². The SMILES string of the molecule is CCNC(C(C)c1ccccc1)C(C)(C)C. The maximum atomic E-state index is 3.62. The van der Waals surface area contributed by atoms with Gasteiger partial charge in [-0.05, 0) is 23.4 Å². The van der Waals surface area contributed by atoms with E-state index in [-0.39, 0.29) is 5.41 Å². The lowest BCUT2D eigenvalue weighted by Crippen LogP contribution is -2.43. The van der Waals surface area contributed by atoms with Gasteiger partial charge in [-0.1, -0.05) is 65.0 Å². The zero-order chi connectivity index (χ0) is 12.2. The molecule has 0 aromatic heterocycles. The Bertz CT molecular complexity index is 297. The molecule has 1 aromatic rings. The molecule has 1 nitrogen and oxygen atoms in total. The number of rotatable bonds is 4. The van der Waals surface area contributed by atoms with Crippen LogP contribution in [0.5, 0.6) is 0 Å². The maximum absolute atomic E-state index is 3.62. The molecule has 0 aliphatic carbocycles. The zero-order valence-electron chi connectivity index (χ0n) is 11.2. The van der Waals surface area contributed by atoms with Crippen molar-refractivity contribution < 1.29 is 0 Å². The topological polar surface area (TPSA) is 12.0 Å². The summed E-state index contributed by atoms with van der Waals surface area (Å²) in [4.78, 5) is 0. The monoisotopic (exact) mass is 219 g/mol. The van der Waals surface area contributed by atoms with Crippen molar-refractivity contribution in [3.63, 3.8) is 0 Å². The summed E-state index contributed by atoms with van der Waals surface area (Å²) in [5.41, 5.74) is 1.70. The summed E-state index contributed by atoms with van der Waals surface area (Å²) < 4.78 is 0. The number of benzene rings is 1. The second kappa shape index (κ2) is 5.49. The van der Waals surface area contributed by atoms with Gasteiger partial charge in [-0.25, -0.2) is 0 Å². The van der Waals surface area contributed by atoms with Gasteiger partial charge in [0.05, 0.1) is 0 Å². The highest BCUT2D eigenvalue weighted by Crippen LogP contribution is 2.31. The van der Waals surface area contributed by atoms with E-state index in [1.54, 1.807) is 0 Å². The molecule has 2 atom stereocenters. The molecule has 0 spiro atoms. The molecule has 0 aliphatic heterocycles. The van der Waals surface area contributed by atoms with Gasteiger partial charge < -0.3 is 5.32 Å². The van der Waals surface area contributed by atoms with E-state index in [0.29, 0.717) is 12.0 Å². The summed E-state index contributed by atoms with van der Waals surface area (Å²) in [6.07, 6.45) is 0. The maximum Gasteiger partial charge on any atom is 0.0181 e. The molecule has 1 aromatic carbocycles. The highest BCUT2D eigenvalue weighted by Gasteiger charge is 2.29. The smallest absolute Gasteiger partial charge is 0.0181 e. The number of hydrogen-bond donors (Lipinski definition) is 1. The molecule has 0 heterocycles. The standard InChI is InChI=1S/C15H25N/c1-6-16-14(15(3,4)5)12(2)13-10-8-7-9-11-13/h7-12,14,16H,6H2,1-5H3. The summed E-state index contributed by atoms with van der Waals surface area (Å²) in [7, 11) is 0. The van der Waals surface area contributed by atoms with Crippen LogP contribution in [-0.4, -0.2) is 12.6 Å². The van der Waals surface area contributed by atoms with Crippen LogP contribution in [0.1, 0.15) is 46.1 Å². The molecule has 1 N–H and O–H groups in total. The summed E-state index contributed by atoms with van der Waals surface area (Å²) in [6.45, 7) is 12.4. The van der Waals surface area contributed by atoms with E-state index >= 15 is 0 Å². The van der Waals surface area contributed by atoms with E-state index in [4.69, 9.17) is 0 Å². The largest absolute Gasteiger partial charge is 0.313 e. The lowest BCUT2D eigenvalue weighted by molar-refractivity contribution is 0.242. The van der Waals surface area contributed by atoms with Crippen molar-refractivity contribution in [2.75, 3.05) is 6.54 Å². The van der Waals surface area contributed by atoms with Crippen LogP contribution in [0.15, 0.2) is 30.3 Å². The summed E-state index contributed by atoms with van der Waals surface area (Å²) in [5, 5.41) is 3.62. The first kappa shape index (κ1) is 13.2. The third kappa shape index (κ3) is 3.34. The van der Waals surface area contributed by atoms with Gasteiger partial charge in [-0.3, -0.25) is 0 Å². The molecule has 1 heteroatoms. The Morgan fingerprint density at radius 2 is 1.69 bits per heavy atom. The second-order valence-corrected chi connectivity index (χ2v) is 5.60. The Balaban J connectivity index is 2.87. The van der Waals surface area contributed by atoms with E-state index < -0.39 is 0 Å². The van der Waals surface area contributed by atoms with E-state index in [0.717, 1.165) is 6.54 Å². The molecule has 90 valence electrons. The van der Waals surface area contributed by atoms with Gasteiger partial charge in [0.1, 0.15) is 0 Å². The van der Waals surface area contributed by atoms with E-state index in [9.17, 15) is 0 Å². The van der Waals surface area contributed by atoms with Gasteiger partial charge in [0, 0.05) is 6.04 Å². The third-order valence-corrected chi connectivity index (χ3v) is 3.18. The number of nitrogens with one attached hydrogen (secondary N) is 1. The fourth-order valence-electron chi connectivity index (χ4n) is 2.40. The van der Waals surface area contributed by atoms with Gasteiger partial charge in [0.2, 0.25) is 0 Å². The Morgan fingerprint density at radius 3 is 2.12 bits per heavy atom. The van der Waals surface area contributed by atoms with Gasteiger partial charge in [0.25, 0.3) is 0 Å². The first-order valence-corrected chi connectivity index (χ1v) is 6.25. The van der Waals surface area contributed by atoms with Crippen LogP contribution in [0.2, 0.25) is 0 Å². The number of hydrogen-bond acceptors (Lipinski definition) is 1. The van der Waals surface area contributed by atoms with E-state index in [2.05, 4.69) is 70.3 Å². The van der Waals surface area contributed by atoms with Crippen LogP contribution in [0.25, 0.3) is 0 Å². The lowest BCUT2D eigenvalue weighted by Gasteiger charge is -2.36. The fraction of sp³-hybridized carbons (Fsp3) is 0.600. The highest BCUT2D eigenvalue weighted by atomic mass is 14.9. The van der Waals surface area contributed by atoms with Crippen LogP contribution in [0.3, 0.4) is 0 Å². The Hall–Kier alpha value is -0.820. The van der Waals surface area contributed by atoms with Gasteiger partial charge in [-0.15, -0.1) is 0 Å². The quantitative estimate of drug-likeness (QED) is 0.812. The summed E-state index contributed by atoms with van der Waals surface area (Å²) in [6, 6.07) is 11.3. The van der Waals surface area contributed by atoms with Crippen molar-refractivity contribution >= 4 is 0 Å². The van der Waals surface area contributed by atoms with Gasteiger partial charge >= 0.3 is 0 Å². The molecular weight excluding hydrogens is 194 g/mol. The number of likely N-dealkylation sites (N-methyl/N-ethyl adjacent to an activating group) is 1. The molecule has 0 fully saturated rings. The zero-order valence-corrected chi connectivity index (χ0v) is 11.2. The predicted molar refractivity (Wildman–Crippen MR) is 71.8 cm³/mol. The van der Waals surface area contributed by atoms with Gasteiger partial charge in [-0.2, -0.15) is 0 Å². The van der Waals surface area contributed by atoms with Crippen molar-refractivity contribution in [3.05, 3.63) is 35.9 Å². The second-order valence-electron chi connectivity index (χ2n) is 5.60. The molecule has 2 unspecified atom stereocenters. The van der Waals surface area contributed by atoms with Crippen molar-refractivity contribution in [1.29, 1.82) is 0 Å². The lowest BCUT2D eigenvalue weighted by atomic mass is 9.77. The molecule has 0 radical (unpaired) electrons. The van der Waals surface area contributed by atoms with Gasteiger partial charge in [0.15, 0.2) is 0 Å². The molecular formula is C15H25N. The molecule has 0 saturated carbocycles. The average Bonchev–Trinajstić information content (AvgIpc) is 2.25. The van der Waals surface area contributed by atoms with Crippen molar-refractivity contribution in [1.82, 2.24) is 5.32 Å². The Labute approximate surface area is 100 Å². The Kier molecular flexibility index (Phi) is 4.55. The summed E-state index contributed by atoms with van der Waals surface area (Å²) in [5.74, 6) is 0.543. The van der Waals surface area contributed by atoms with Crippen LogP contribution >= 0.6 is 0 Å². The first-order chi connectivity index (χ1) is 7.46. The van der Waals surface area contributed by atoms with Crippen molar-refractivity contribution in [3.8, 4) is 0 Å². The van der Waals surface area contributed by atoms with Crippen LogP contribution in [0, 0.1) is 5.41 Å². The minimum absolute atomic E-state index is 0.283. The van der Waals surface area contributed by atoms with Crippen LogP contribution in [-0.2, 0) is 0 Å². The average molecular weight is 219 g/mol. The highest BCUT2D eigenvalue weighted by molar-refractivity contribution is 5.21. The third-order valence-electron chi connectivity index (χ3n) is 3.18. The molecule has 0 amide bonds. The predicted octanol–water partition coefficient (Wildman–Crippen LogP) is 3.81. The fourth-order valence-corrected chi connectivity index (χ4v) is 2.40. The van der Waals surface area contributed by atoms with E-state index in [1.807, 2.05) is 0 Å². The Morgan fingerprint density at radius 1 is 1.12 bits per heavy atom. The summed E-state index contributed by atoms with van der Waals surface area (Å²) >= 11 is 0. The van der Waals surface area contributed by atoms with E-state index in [1.165, 1.54) is 5.56 Å². The normalized spacial score (nSPS) is 15.8. The minimum Gasteiger partial charge on any atom is -0.313 e. The van der Waals surface area contributed by atoms with Crippen LogP contribution < -0.4 is 5.32 Å². The molecule has 16 heavy (non-hydrogen) atoms. The van der Waals surface area contributed by atoms with Crippen molar-refractivity contribution in [2.45, 2.75) is 46.6 Å². The first-order valence-electron chi connectivity index (χ1n) is 6.25. The minimum atomic E-state index is 0.283. The molecule has 0 aliphatic rings.